The minimum Gasteiger partial charge on any atom is -0.496 e. The van der Waals surface area contributed by atoms with Gasteiger partial charge in [0.05, 0.1) is 25.1 Å². The number of benzene rings is 3. The molecule has 0 radical (unpaired) electrons. The molecular formula is C31H34N4O6. The Morgan fingerprint density at radius 3 is 2.41 bits per heavy atom. The molecule has 4 aromatic rings. The Labute approximate surface area is 238 Å². The van der Waals surface area contributed by atoms with Crippen molar-refractivity contribution in [2.75, 3.05) is 25.6 Å². The maximum absolute atomic E-state index is 12.2. The zero-order valence-corrected chi connectivity index (χ0v) is 23.3. The van der Waals surface area contributed by atoms with E-state index in [-0.39, 0.29) is 24.9 Å². The van der Waals surface area contributed by atoms with Gasteiger partial charge < -0.3 is 29.6 Å². The van der Waals surface area contributed by atoms with Gasteiger partial charge in [-0.2, -0.15) is 0 Å². The Kier molecular flexibility index (Phi) is 9.93. The van der Waals surface area contributed by atoms with Crippen molar-refractivity contribution in [1.29, 1.82) is 0 Å². The van der Waals surface area contributed by atoms with Gasteiger partial charge in [0.25, 0.3) is 11.8 Å². The molecule has 1 aromatic heterocycles. The first-order valence-corrected chi connectivity index (χ1v) is 13.4. The summed E-state index contributed by atoms with van der Waals surface area (Å²) >= 11 is 0. The van der Waals surface area contributed by atoms with Gasteiger partial charge in [0.2, 0.25) is 5.89 Å². The SMILES string of the molecule is CCC(C)[C@@H](COc1ccc(-c2nnc(-c3ccccc3)o2)c(OC)c1)Nc1ccc(C(=O)NCCC(=O)O)cc1. The molecule has 41 heavy (non-hydrogen) atoms. The number of aromatic nitrogens is 2. The third-order valence-corrected chi connectivity index (χ3v) is 6.73. The Bertz CT molecular complexity index is 1440. The van der Waals surface area contributed by atoms with Crippen LogP contribution in [0, 0.1) is 5.92 Å². The molecule has 2 atom stereocenters. The maximum atomic E-state index is 12.2. The first kappa shape index (κ1) is 29.1. The van der Waals surface area contributed by atoms with Crippen molar-refractivity contribution in [3.05, 3.63) is 78.4 Å². The lowest BCUT2D eigenvalue weighted by atomic mass is 9.99. The lowest BCUT2D eigenvalue weighted by Gasteiger charge is -2.26. The normalized spacial score (nSPS) is 12.3. The average Bonchev–Trinajstić information content (AvgIpc) is 3.49. The topological polar surface area (TPSA) is 136 Å². The average molecular weight is 559 g/mol. The van der Waals surface area contributed by atoms with Crippen molar-refractivity contribution < 1.29 is 28.6 Å². The second-order valence-corrected chi connectivity index (χ2v) is 9.56. The van der Waals surface area contributed by atoms with Crippen LogP contribution >= 0.6 is 0 Å². The third-order valence-electron chi connectivity index (χ3n) is 6.73. The van der Waals surface area contributed by atoms with Crippen LogP contribution in [0.25, 0.3) is 22.9 Å². The number of aliphatic carboxylic acids is 1. The Balaban J connectivity index is 1.40. The van der Waals surface area contributed by atoms with Crippen molar-refractivity contribution in [3.8, 4) is 34.4 Å². The van der Waals surface area contributed by atoms with Crippen molar-refractivity contribution in [2.45, 2.75) is 32.7 Å². The molecule has 0 bridgehead atoms. The largest absolute Gasteiger partial charge is 0.496 e. The maximum Gasteiger partial charge on any atom is 0.305 e. The molecule has 3 aromatic carbocycles. The van der Waals surface area contributed by atoms with Gasteiger partial charge >= 0.3 is 5.97 Å². The zero-order chi connectivity index (χ0) is 29.2. The number of carbonyl (C=O) groups excluding carboxylic acids is 1. The van der Waals surface area contributed by atoms with Crippen LogP contribution in [-0.2, 0) is 4.79 Å². The zero-order valence-electron chi connectivity index (χ0n) is 23.3. The minimum atomic E-state index is -0.957. The quantitative estimate of drug-likeness (QED) is 0.183. The summed E-state index contributed by atoms with van der Waals surface area (Å²) < 4.78 is 17.7. The molecule has 10 nitrogen and oxygen atoms in total. The molecule has 1 unspecified atom stereocenters. The summed E-state index contributed by atoms with van der Waals surface area (Å²) in [7, 11) is 1.58. The van der Waals surface area contributed by atoms with Gasteiger partial charge in [-0.25, -0.2) is 0 Å². The molecule has 0 saturated carbocycles. The summed E-state index contributed by atoms with van der Waals surface area (Å²) in [4.78, 5) is 22.9. The standard InChI is InChI=1S/C31H34N4O6/c1-4-20(2)26(33-23-12-10-21(11-13-23)29(38)32-17-16-28(36)37)19-40-24-14-15-25(27(18-24)39-3)31-35-34-30(41-31)22-8-6-5-7-9-22/h5-15,18,20,26,33H,4,16-17,19H2,1-3H3,(H,32,38)(H,36,37)/t20?,26-/m1/s1. The van der Waals surface area contributed by atoms with Crippen LogP contribution in [0.5, 0.6) is 11.5 Å². The van der Waals surface area contributed by atoms with Gasteiger partial charge in [-0.1, -0.05) is 38.5 Å². The third kappa shape index (κ3) is 7.84. The summed E-state index contributed by atoms with van der Waals surface area (Å²) in [6.07, 6.45) is 0.816. The Hall–Kier alpha value is -4.86. The molecule has 4 rings (SSSR count). The first-order valence-electron chi connectivity index (χ1n) is 13.4. The van der Waals surface area contributed by atoms with E-state index in [0.717, 1.165) is 17.7 Å². The molecular weight excluding hydrogens is 524 g/mol. The van der Waals surface area contributed by atoms with Gasteiger partial charge in [0.15, 0.2) is 0 Å². The van der Waals surface area contributed by atoms with Crippen LogP contribution in [0.15, 0.2) is 77.2 Å². The lowest BCUT2D eigenvalue weighted by molar-refractivity contribution is -0.136. The number of hydrogen-bond acceptors (Lipinski definition) is 8. The highest BCUT2D eigenvalue weighted by molar-refractivity contribution is 5.94. The van der Waals surface area contributed by atoms with Crippen molar-refractivity contribution in [3.63, 3.8) is 0 Å². The predicted octanol–water partition coefficient (Wildman–Crippen LogP) is 5.52. The fourth-order valence-corrected chi connectivity index (χ4v) is 4.10. The molecule has 214 valence electrons. The van der Waals surface area contributed by atoms with Crippen molar-refractivity contribution >= 4 is 17.6 Å². The summed E-state index contributed by atoms with van der Waals surface area (Å²) in [5, 5.41) is 23.2. The highest BCUT2D eigenvalue weighted by Gasteiger charge is 2.19. The molecule has 0 saturated heterocycles. The number of rotatable bonds is 14. The Morgan fingerprint density at radius 1 is 1.00 bits per heavy atom. The second kappa shape index (κ2) is 14.0. The monoisotopic (exact) mass is 558 g/mol. The number of carboxylic acid groups (broad SMARTS) is 1. The summed E-state index contributed by atoms with van der Waals surface area (Å²) in [5.74, 6) is 0.996. The first-order chi connectivity index (χ1) is 19.9. The molecule has 0 spiro atoms. The number of hydrogen-bond donors (Lipinski definition) is 3. The number of carbonyl (C=O) groups is 2. The molecule has 0 fully saturated rings. The number of nitrogens with zero attached hydrogens (tertiary/aromatic N) is 2. The van der Waals surface area contributed by atoms with Gasteiger partial charge in [-0.05, 0) is 54.4 Å². The number of amides is 1. The number of methoxy groups -OCH3 is 1. The van der Waals surface area contributed by atoms with Crippen LogP contribution in [0.3, 0.4) is 0 Å². The van der Waals surface area contributed by atoms with Crippen LogP contribution in [0.2, 0.25) is 0 Å². The van der Waals surface area contributed by atoms with Gasteiger partial charge in [-0.15, -0.1) is 10.2 Å². The number of anilines is 1. The van der Waals surface area contributed by atoms with E-state index in [0.29, 0.717) is 46.9 Å². The van der Waals surface area contributed by atoms with Crippen LogP contribution in [0.4, 0.5) is 5.69 Å². The van der Waals surface area contributed by atoms with Crippen LogP contribution < -0.4 is 20.1 Å². The molecule has 0 aliphatic carbocycles. The minimum absolute atomic E-state index is 0.00899. The highest BCUT2D eigenvalue weighted by Crippen LogP contribution is 2.34. The van der Waals surface area contributed by atoms with E-state index >= 15 is 0 Å². The van der Waals surface area contributed by atoms with Crippen molar-refractivity contribution in [2.24, 2.45) is 5.92 Å². The summed E-state index contributed by atoms with van der Waals surface area (Å²) in [6.45, 7) is 4.75. The molecule has 1 heterocycles. The van der Waals surface area contributed by atoms with E-state index in [9.17, 15) is 9.59 Å². The van der Waals surface area contributed by atoms with Crippen LogP contribution in [-0.4, -0.2) is 53.5 Å². The fourth-order valence-electron chi connectivity index (χ4n) is 4.10. The number of carboxylic acids is 1. The molecule has 0 aliphatic rings. The molecule has 1 amide bonds. The predicted molar refractivity (Wildman–Crippen MR) is 155 cm³/mol. The molecule has 3 N–H and O–H groups in total. The molecule has 10 heteroatoms. The number of ether oxygens (including phenoxy) is 2. The lowest BCUT2D eigenvalue weighted by Crippen LogP contribution is -2.33. The van der Waals surface area contributed by atoms with Gasteiger partial charge in [-0.3, -0.25) is 9.59 Å². The fraction of sp³-hybridized carbons (Fsp3) is 0.290. The van der Waals surface area contributed by atoms with E-state index < -0.39 is 5.97 Å². The van der Waals surface area contributed by atoms with E-state index in [1.54, 1.807) is 25.3 Å². The number of nitrogens with one attached hydrogen (secondary N) is 2. The van der Waals surface area contributed by atoms with Gasteiger partial charge in [0.1, 0.15) is 18.1 Å². The van der Waals surface area contributed by atoms with Crippen molar-refractivity contribution in [1.82, 2.24) is 15.5 Å². The van der Waals surface area contributed by atoms with E-state index in [1.165, 1.54) is 0 Å². The van der Waals surface area contributed by atoms with E-state index in [1.807, 2.05) is 54.6 Å². The summed E-state index contributed by atoms with van der Waals surface area (Å²) in [5.41, 5.74) is 2.81. The van der Waals surface area contributed by atoms with E-state index in [4.69, 9.17) is 19.0 Å². The summed E-state index contributed by atoms with van der Waals surface area (Å²) in [6, 6.07) is 22.1. The van der Waals surface area contributed by atoms with Crippen LogP contribution in [0.1, 0.15) is 37.0 Å². The van der Waals surface area contributed by atoms with E-state index in [2.05, 4.69) is 34.7 Å². The smallest absolute Gasteiger partial charge is 0.305 e. The highest BCUT2D eigenvalue weighted by atomic mass is 16.5. The second-order valence-electron chi connectivity index (χ2n) is 9.56. The Morgan fingerprint density at radius 2 is 1.73 bits per heavy atom. The van der Waals surface area contributed by atoms with Gasteiger partial charge in [0, 0.05) is 29.4 Å². The molecule has 0 aliphatic heterocycles.